The van der Waals surface area contributed by atoms with E-state index in [-0.39, 0.29) is 17.4 Å². The Balaban J connectivity index is 2.61. The number of aromatic hydroxyl groups is 1. The average molecular weight is 259 g/mol. The molecule has 1 aromatic rings. The number of benzene rings is 1. The van der Waals surface area contributed by atoms with Crippen molar-refractivity contribution >= 4 is 0 Å². The number of allylic oxidation sites excluding steroid dienone is 1. The third kappa shape index (κ3) is 2.30. The molecule has 3 atom stereocenters. The van der Waals surface area contributed by atoms with Crippen LogP contribution in [-0.2, 0) is 5.41 Å². The fraction of sp³-hybridized carbons (Fsp3) is 0.529. The summed E-state index contributed by atoms with van der Waals surface area (Å²) in [4.78, 5) is 0. The van der Waals surface area contributed by atoms with E-state index in [2.05, 4.69) is 39.0 Å². The number of rotatable bonds is 2. The molecule has 2 nitrogen and oxygen atoms in total. The summed E-state index contributed by atoms with van der Waals surface area (Å²) < 4.78 is 0. The van der Waals surface area contributed by atoms with Crippen molar-refractivity contribution in [1.82, 2.24) is 0 Å². The first-order chi connectivity index (χ1) is 8.88. The van der Waals surface area contributed by atoms with Crippen LogP contribution in [0.25, 0.3) is 0 Å². The van der Waals surface area contributed by atoms with Crippen molar-refractivity contribution < 1.29 is 5.11 Å². The molecule has 3 N–H and O–H groups in total. The molecule has 19 heavy (non-hydrogen) atoms. The van der Waals surface area contributed by atoms with Crippen LogP contribution < -0.4 is 5.73 Å². The lowest BCUT2D eigenvalue weighted by molar-refractivity contribution is 0.268. The molecule has 0 aliphatic heterocycles. The fourth-order valence-corrected chi connectivity index (χ4v) is 3.57. The van der Waals surface area contributed by atoms with Crippen LogP contribution in [0.4, 0.5) is 0 Å². The maximum Gasteiger partial charge on any atom is 0.122 e. The number of phenols is 1. The van der Waals surface area contributed by atoms with Gasteiger partial charge in [0, 0.05) is 22.9 Å². The summed E-state index contributed by atoms with van der Waals surface area (Å²) in [5.74, 6) is 0.719. The highest BCUT2D eigenvalue weighted by Crippen LogP contribution is 2.47. The molecular weight excluding hydrogens is 234 g/mol. The van der Waals surface area contributed by atoms with Crippen LogP contribution in [0.2, 0.25) is 0 Å². The molecule has 0 radical (unpaired) electrons. The predicted molar refractivity (Wildman–Crippen MR) is 80.4 cm³/mol. The largest absolute Gasteiger partial charge is 0.507 e. The maximum absolute atomic E-state index is 10.5. The number of aryl methyl sites for hydroxylation is 2. The highest BCUT2D eigenvalue weighted by Gasteiger charge is 2.40. The molecule has 0 fully saturated rings. The van der Waals surface area contributed by atoms with Crippen molar-refractivity contribution in [3.8, 4) is 5.75 Å². The highest BCUT2D eigenvalue weighted by molar-refractivity contribution is 5.50. The molecule has 3 unspecified atom stereocenters. The number of nitrogens with two attached hydrogens (primary N) is 1. The molecule has 2 rings (SSSR count). The smallest absolute Gasteiger partial charge is 0.122 e. The summed E-state index contributed by atoms with van der Waals surface area (Å²) in [5, 5.41) is 10.5. The molecule has 104 valence electrons. The zero-order valence-corrected chi connectivity index (χ0v) is 12.4. The van der Waals surface area contributed by atoms with Crippen LogP contribution in [0.3, 0.4) is 0 Å². The summed E-state index contributed by atoms with van der Waals surface area (Å²) in [6, 6.07) is 4.17. The van der Waals surface area contributed by atoms with Crippen molar-refractivity contribution in [3.05, 3.63) is 41.0 Å². The number of hydrogen-bond donors (Lipinski definition) is 2. The molecule has 0 spiro atoms. The molecule has 1 aliphatic rings. The van der Waals surface area contributed by atoms with Crippen LogP contribution in [0.1, 0.15) is 43.4 Å². The summed E-state index contributed by atoms with van der Waals surface area (Å²) >= 11 is 0. The zero-order valence-electron chi connectivity index (χ0n) is 12.4. The van der Waals surface area contributed by atoms with Gasteiger partial charge in [0.1, 0.15) is 5.75 Å². The van der Waals surface area contributed by atoms with Gasteiger partial charge in [0.2, 0.25) is 0 Å². The second-order valence-electron chi connectivity index (χ2n) is 6.19. The molecule has 0 saturated carbocycles. The van der Waals surface area contributed by atoms with Gasteiger partial charge in [0.15, 0.2) is 0 Å². The highest BCUT2D eigenvalue weighted by atomic mass is 16.3. The van der Waals surface area contributed by atoms with Crippen molar-refractivity contribution in [2.45, 2.75) is 52.0 Å². The monoisotopic (exact) mass is 259 g/mol. The molecule has 0 amide bonds. The van der Waals surface area contributed by atoms with Gasteiger partial charge in [-0.1, -0.05) is 31.2 Å². The second-order valence-corrected chi connectivity index (χ2v) is 6.19. The topological polar surface area (TPSA) is 46.2 Å². The lowest BCUT2D eigenvalue weighted by atomic mass is 9.63. The van der Waals surface area contributed by atoms with Gasteiger partial charge in [-0.2, -0.15) is 0 Å². The third-order valence-corrected chi connectivity index (χ3v) is 4.64. The maximum atomic E-state index is 10.5. The predicted octanol–water partition coefficient (Wildman–Crippen LogP) is 3.58. The molecule has 1 aromatic carbocycles. The Morgan fingerprint density at radius 2 is 1.95 bits per heavy atom. The van der Waals surface area contributed by atoms with E-state index < -0.39 is 0 Å². The first kappa shape index (κ1) is 14.1. The van der Waals surface area contributed by atoms with Crippen molar-refractivity contribution in [1.29, 1.82) is 0 Å². The van der Waals surface area contributed by atoms with Crippen LogP contribution in [0, 0.1) is 19.8 Å². The molecular formula is C17H25NO. The molecule has 0 saturated heterocycles. The number of hydrogen-bond acceptors (Lipinski definition) is 2. The first-order valence-electron chi connectivity index (χ1n) is 7.10. The van der Waals surface area contributed by atoms with E-state index in [9.17, 15) is 5.11 Å². The minimum Gasteiger partial charge on any atom is -0.507 e. The van der Waals surface area contributed by atoms with Gasteiger partial charge in [-0.25, -0.2) is 0 Å². The van der Waals surface area contributed by atoms with Gasteiger partial charge in [-0.05, 0) is 44.7 Å². The molecule has 1 aliphatic carbocycles. The normalized spacial score (nSPS) is 28.4. The minimum atomic E-state index is -0.0803. The van der Waals surface area contributed by atoms with Gasteiger partial charge in [-0.15, -0.1) is 0 Å². The standard InChI is InChI=1S/C17H25NO/c1-11-8-9-12(2)16(19)15(11)17(4)10-6-5-7-14(17)13(3)18/h5,7-9,13-14,19H,6,10,18H2,1-4H3. The van der Waals surface area contributed by atoms with E-state index in [0.29, 0.717) is 5.75 Å². The van der Waals surface area contributed by atoms with Crippen molar-refractivity contribution in [2.75, 3.05) is 0 Å². The van der Waals surface area contributed by atoms with Crippen LogP contribution in [0.15, 0.2) is 24.3 Å². The van der Waals surface area contributed by atoms with Crippen molar-refractivity contribution in [3.63, 3.8) is 0 Å². The summed E-state index contributed by atoms with van der Waals surface area (Å²) in [6.07, 6.45) is 6.54. The molecule has 0 bridgehead atoms. The zero-order chi connectivity index (χ0) is 14.2. The van der Waals surface area contributed by atoms with Crippen LogP contribution in [0.5, 0.6) is 5.75 Å². The quantitative estimate of drug-likeness (QED) is 0.797. The van der Waals surface area contributed by atoms with Crippen LogP contribution >= 0.6 is 0 Å². The fourth-order valence-electron chi connectivity index (χ4n) is 3.57. The summed E-state index contributed by atoms with van der Waals surface area (Å²) in [6.45, 7) is 8.34. The molecule has 0 aromatic heterocycles. The van der Waals surface area contributed by atoms with E-state index >= 15 is 0 Å². The lowest BCUT2D eigenvalue weighted by Gasteiger charge is -2.42. The van der Waals surface area contributed by atoms with Crippen LogP contribution in [-0.4, -0.2) is 11.1 Å². The molecule has 2 heteroatoms. The Hall–Kier alpha value is -1.28. The Labute approximate surface area is 116 Å². The summed E-state index contributed by atoms with van der Waals surface area (Å²) in [5.41, 5.74) is 9.29. The SMILES string of the molecule is Cc1ccc(C)c(C2(C)CCC=CC2C(C)N)c1O. The first-order valence-corrected chi connectivity index (χ1v) is 7.10. The Morgan fingerprint density at radius 1 is 1.32 bits per heavy atom. The number of phenolic OH excluding ortho intramolecular Hbond substituents is 1. The Bertz CT molecular complexity index is 504. The van der Waals surface area contributed by atoms with E-state index in [1.54, 1.807) is 0 Å². The minimum absolute atomic E-state index is 0.0803. The van der Waals surface area contributed by atoms with Gasteiger partial charge in [-0.3, -0.25) is 0 Å². The Morgan fingerprint density at radius 3 is 2.58 bits per heavy atom. The lowest BCUT2D eigenvalue weighted by Crippen LogP contribution is -2.43. The van der Waals surface area contributed by atoms with E-state index in [4.69, 9.17) is 5.73 Å². The van der Waals surface area contributed by atoms with E-state index in [0.717, 1.165) is 29.5 Å². The van der Waals surface area contributed by atoms with E-state index in [1.165, 1.54) is 0 Å². The molecule has 0 heterocycles. The summed E-state index contributed by atoms with van der Waals surface area (Å²) in [7, 11) is 0. The van der Waals surface area contributed by atoms with Crippen molar-refractivity contribution in [2.24, 2.45) is 11.7 Å². The van der Waals surface area contributed by atoms with Gasteiger partial charge >= 0.3 is 0 Å². The van der Waals surface area contributed by atoms with Gasteiger partial charge < -0.3 is 10.8 Å². The third-order valence-electron chi connectivity index (χ3n) is 4.64. The second kappa shape index (κ2) is 5.01. The van der Waals surface area contributed by atoms with Gasteiger partial charge in [0.25, 0.3) is 0 Å². The Kier molecular flexibility index (Phi) is 3.73. The van der Waals surface area contributed by atoms with Gasteiger partial charge in [0.05, 0.1) is 0 Å². The average Bonchev–Trinajstić information content (AvgIpc) is 2.34. The van der Waals surface area contributed by atoms with E-state index in [1.807, 2.05) is 13.0 Å².